The zero-order valence-corrected chi connectivity index (χ0v) is 23.2. The van der Waals surface area contributed by atoms with Crippen molar-refractivity contribution in [3.8, 4) is 5.75 Å². The summed E-state index contributed by atoms with van der Waals surface area (Å²) >= 11 is 0. The third-order valence-corrected chi connectivity index (χ3v) is 6.40. The summed E-state index contributed by atoms with van der Waals surface area (Å²) in [6.45, 7) is 10.8. The first-order valence-corrected chi connectivity index (χ1v) is 12.8. The lowest BCUT2D eigenvalue weighted by molar-refractivity contribution is -0.138. The van der Waals surface area contributed by atoms with Gasteiger partial charge in [-0.3, -0.25) is 19.2 Å². The normalized spacial score (nSPS) is 13.4. The van der Waals surface area contributed by atoms with Gasteiger partial charge in [-0.15, -0.1) is 0 Å². The van der Waals surface area contributed by atoms with Crippen molar-refractivity contribution < 1.29 is 19.1 Å². The quantitative estimate of drug-likeness (QED) is 0.290. The molecule has 4 rings (SSSR count). The van der Waals surface area contributed by atoms with E-state index in [1.54, 1.807) is 51.7 Å². The summed E-state index contributed by atoms with van der Waals surface area (Å²) in [7, 11) is 1.41. The Morgan fingerprint density at radius 1 is 1.03 bits per heavy atom. The van der Waals surface area contributed by atoms with Crippen LogP contribution in [-0.4, -0.2) is 33.3 Å². The van der Waals surface area contributed by atoms with E-state index in [1.807, 2.05) is 37.3 Å². The summed E-state index contributed by atoms with van der Waals surface area (Å²) in [5, 5.41) is 2.61. The highest BCUT2D eigenvalue weighted by Gasteiger charge is 2.33. The van der Waals surface area contributed by atoms with Gasteiger partial charge in [-0.2, -0.15) is 0 Å². The maximum absolute atomic E-state index is 13.3. The van der Waals surface area contributed by atoms with Gasteiger partial charge < -0.3 is 14.8 Å². The summed E-state index contributed by atoms with van der Waals surface area (Å²) in [6.07, 6.45) is -0.591. The standard InChI is InChI=1S/C29H34N4O6/c1-16(2)23(30-28(37)39-29(4,5)6)26(35)38-22-10-8-9-21-19(22)15-20-24(31-27(36)32(7)25(20)34)33(21)18-13-11-17(3)12-14-18/h8-14,16,23H,15H2,1-7H3,(H,30,37)(H,31,36)/t23-/m0/s1. The maximum atomic E-state index is 13.3. The highest BCUT2D eigenvalue weighted by Crippen LogP contribution is 2.44. The van der Waals surface area contributed by atoms with E-state index in [1.165, 1.54) is 7.05 Å². The van der Waals surface area contributed by atoms with Gasteiger partial charge in [0.1, 0.15) is 23.2 Å². The molecule has 2 heterocycles. The Kier molecular flexibility index (Phi) is 7.41. The van der Waals surface area contributed by atoms with E-state index in [0.29, 0.717) is 22.6 Å². The first-order valence-electron chi connectivity index (χ1n) is 12.8. The van der Waals surface area contributed by atoms with Crippen molar-refractivity contribution in [2.45, 2.75) is 59.6 Å². The first-order chi connectivity index (χ1) is 18.3. The predicted molar refractivity (Wildman–Crippen MR) is 148 cm³/mol. The van der Waals surface area contributed by atoms with E-state index in [0.717, 1.165) is 15.8 Å². The number of rotatable bonds is 5. The van der Waals surface area contributed by atoms with Gasteiger partial charge in [-0.25, -0.2) is 14.4 Å². The molecule has 2 N–H and O–H groups in total. The number of H-pyrrole nitrogens is 1. The minimum atomic E-state index is -0.969. The van der Waals surface area contributed by atoms with Crippen LogP contribution in [0.5, 0.6) is 5.75 Å². The summed E-state index contributed by atoms with van der Waals surface area (Å²) < 4.78 is 12.2. The lowest BCUT2D eigenvalue weighted by Crippen LogP contribution is -2.48. The highest BCUT2D eigenvalue weighted by molar-refractivity contribution is 5.86. The molecular weight excluding hydrogens is 500 g/mol. The average molecular weight is 535 g/mol. The number of fused-ring (bicyclic) bond motifs is 2. The fourth-order valence-electron chi connectivity index (χ4n) is 4.41. The van der Waals surface area contributed by atoms with Crippen LogP contribution < -0.4 is 26.2 Å². The monoisotopic (exact) mass is 534 g/mol. The first kappa shape index (κ1) is 27.7. The van der Waals surface area contributed by atoms with Crippen LogP contribution >= 0.6 is 0 Å². The molecule has 39 heavy (non-hydrogen) atoms. The second kappa shape index (κ2) is 10.4. The zero-order chi connectivity index (χ0) is 28.6. The molecule has 0 fully saturated rings. The summed E-state index contributed by atoms with van der Waals surface area (Å²) in [4.78, 5) is 56.1. The molecule has 0 unspecified atom stereocenters. The van der Waals surface area contributed by atoms with Gasteiger partial charge in [0.05, 0.1) is 11.3 Å². The van der Waals surface area contributed by atoms with Gasteiger partial charge in [-0.05, 0) is 57.9 Å². The fourth-order valence-corrected chi connectivity index (χ4v) is 4.41. The van der Waals surface area contributed by atoms with Gasteiger partial charge in [0.25, 0.3) is 5.56 Å². The van der Waals surface area contributed by atoms with Crippen LogP contribution in [0.2, 0.25) is 0 Å². The summed E-state index contributed by atoms with van der Waals surface area (Å²) in [5.41, 5.74) is 1.69. The van der Waals surface area contributed by atoms with E-state index < -0.39 is 35.0 Å². The number of carbonyl (C=O) groups excluding carboxylic acids is 2. The minimum absolute atomic E-state index is 0.131. The van der Waals surface area contributed by atoms with E-state index >= 15 is 0 Å². The number of alkyl carbamates (subject to hydrolysis) is 1. The number of ether oxygens (including phenoxy) is 2. The number of nitrogens with one attached hydrogen (secondary N) is 2. The molecule has 2 aromatic carbocycles. The average Bonchev–Trinajstić information content (AvgIpc) is 2.84. The van der Waals surface area contributed by atoms with Gasteiger partial charge in [-0.1, -0.05) is 37.6 Å². The molecule has 0 bridgehead atoms. The van der Waals surface area contributed by atoms with Crippen LogP contribution in [0, 0.1) is 12.8 Å². The number of aromatic amines is 1. The molecule has 0 aliphatic carbocycles. The Labute approximate surface area is 226 Å². The highest BCUT2D eigenvalue weighted by atomic mass is 16.6. The van der Waals surface area contributed by atoms with Crippen molar-refractivity contribution >= 4 is 29.3 Å². The van der Waals surface area contributed by atoms with Gasteiger partial charge in [0, 0.05) is 24.7 Å². The largest absolute Gasteiger partial charge is 0.444 e. The Bertz CT molecular complexity index is 1530. The fraction of sp³-hybridized carbons (Fsp3) is 0.379. The topological polar surface area (TPSA) is 123 Å². The van der Waals surface area contributed by atoms with Gasteiger partial charge in [0.2, 0.25) is 0 Å². The van der Waals surface area contributed by atoms with E-state index in [2.05, 4.69) is 10.3 Å². The van der Waals surface area contributed by atoms with Crippen LogP contribution in [0.15, 0.2) is 52.1 Å². The van der Waals surface area contributed by atoms with E-state index in [-0.39, 0.29) is 18.1 Å². The maximum Gasteiger partial charge on any atom is 0.408 e. The number of esters is 1. The number of aryl methyl sites for hydroxylation is 1. The SMILES string of the molecule is Cc1ccc(N2c3cccc(OC(=O)[C@@H](NC(=O)OC(C)(C)C)C(C)C)c3Cc3c2[nH]c(=O)n(C)c3=O)cc1. The molecule has 1 aromatic heterocycles. The number of anilines is 3. The van der Waals surface area contributed by atoms with Crippen molar-refractivity contribution in [3.05, 3.63) is 80.0 Å². The third kappa shape index (κ3) is 5.74. The minimum Gasteiger partial charge on any atom is -0.444 e. The molecule has 206 valence electrons. The lowest BCUT2D eigenvalue weighted by Gasteiger charge is -2.33. The molecule has 10 nitrogen and oxygen atoms in total. The van der Waals surface area contributed by atoms with Crippen LogP contribution in [0.4, 0.5) is 22.0 Å². The third-order valence-electron chi connectivity index (χ3n) is 6.40. The molecule has 10 heteroatoms. The molecule has 0 saturated heterocycles. The predicted octanol–water partition coefficient (Wildman–Crippen LogP) is 4.21. The summed E-state index contributed by atoms with van der Waals surface area (Å²) in [6, 6.07) is 11.9. The van der Waals surface area contributed by atoms with Crippen LogP contribution in [0.1, 0.15) is 51.3 Å². The number of amides is 1. The van der Waals surface area contributed by atoms with E-state index in [9.17, 15) is 19.2 Å². The zero-order valence-electron chi connectivity index (χ0n) is 23.2. The Morgan fingerprint density at radius 3 is 2.31 bits per heavy atom. The van der Waals surface area contributed by atoms with E-state index in [4.69, 9.17) is 9.47 Å². The van der Waals surface area contributed by atoms with Crippen LogP contribution in [0.3, 0.4) is 0 Å². The summed E-state index contributed by atoms with van der Waals surface area (Å²) in [5.74, 6) is -0.322. The molecule has 0 radical (unpaired) electrons. The van der Waals surface area contributed by atoms with Gasteiger partial charge >= 0.3 is 17.8 Å². The molecule has 1 amide bonds. The molecule has 0 spiro atoms. The number of carbonyl (C=O) groups is 2. The molecular formula is C29H34N4O6. The Balaban J connectivity index is 1.77. The van der Waals surface area contributed by atoms with Crippen LogP contribution in [-0.2, 0) is 23.0 Å². The Morgan fingerprint density at radius 2 is 1.69 bits per heavy atom. The Hall–Kier alpha value is -4.34. The van der Waals surface area contributed by atoms with Crippen molar-refractivity contribution in [2.24, 2.45) is 13.0 Å². The molecule has 1 atom stereocenters. The van der Waals surface area contributed by atoms with Crippen molar-refractivity contribution in [3.63, 3.8) is 0 Å². The number of benzene rings is 2. The number of hydrogen-bond donors (Lipinski definition) is 2. The second-order valence-corrected chi connectivity index (χ2v) is 11.0. The molecule has 3 aromatic rings. The van der Waals surface area contributed by atoms with Crippen molar-refractivity contribution in [2.75, 3.05) is 4.90 Å². The molecule has 1 aliphatic heterocycles. The van der Waals surface area contributed by atoms with Crippen LogP contribution in [0.25, 0.3) is 0 Å². The smallest absolute Gasteiger partial charge is 0.408 e. The van der Waals surface area contributed by atoms with Crippen molar-refractivity contribution in [1.29, 1.82) is 0 Å². The molecule has 0 saturated carbocycles. The molecule has 1 aliphatic rings. The lowest BCUT2D eigenvalue weighted by atomic mass is 9.97. The van der Waals surface area contributed by atoms with Crippen molar-refractivity contribution in [1.82, 2.24) is 14.9 Å². The van der Waals surface area contributed by atoms with Gasteiger partial charge in [0.15, 0.2) is 0 Å². The second-order valence-electron chi connectivity index (χ2n) is 11.0. The number of nitrogens with zero attached hydrogens (tertiary/aromatic N) is 2. The number of hydrogen-bond acceptors (Lipinski definition) is 7. The number of aromatic nitrogens is 2.